The van der Waals surface area contributed by atoms with Crippen LogP contribution in [0.15, 0.2) is 18.2 Å². The predicted molar refractivity (Wildman–Crippen MR) is 81.4 cm³/mol. The Labute approximate surface area is 117 Å². The molecule has 3 nitrogen and oxygen atoms in total. The Morgan fingerprint density at radius 3 is 2.53 bits per heavy atom. The van der Waals surface area contributed by atoms with Crippen LogP contribution in [0.4, 0.5) is 5.69 Å². The van der Waals surface area contributed by atoms with Crippen LogP contribution in [0.3, 0.4) is 0 Å². The van der Waals surface area contributed by atoms with E-state index in [9.17, 15) is 0 Å². The summed E-state index contributed by atoms with van der Waals surface area (Å²) in [6.07, 6.45) is 4.85. The maximum Gasteiger partial charge on any atom is 0.162 e. The van der Waals surface area contributed by atoms with Crippen molar-refractivity contribution in [3.05, 3.63) is 18.2 Å². The van der Waals surface area contributed by atoms with E-state index in [1.807, 2.05) is 19.1 Å². The average molecular weight is 265 g/mol. The molecule has 1 aromatic rings. The van der Waals surface area contributed by atoms with Gasteiger partial charge in [0.25, 0.3) is 0 Å². The number of hydrogen-bond acceptors (Lipinski definition) is 3. The van der Waals surface area contributed by atoms with Crippen molar-refractivity contribution >= 4 is 5.69 Å². The van der Waals surface area contributed by atoms with Crippen molar-refractivity contribution in [3.8, 4) is 11.5 Å². The van der Waals surface area contributed by atoms with Crippen molar-refractivity contribution in [3.63, 3.8) is 0 Å². The molecule has 0 fully saturated rings. The molecule has 0 heterocycles. The molecular formula is C16H27NO2. The Hall–Kier alpha value is -1.38. The Balaban J connectivity index is 2.72. The Bertz CT molecular complexity index is 366. The summed E-state index contributed by atoms with van der Waals surface area (Å²) in [5.41, 5.74) is 1.10. The molecule has 0 saturated carbocycles. The molecule has 0 aliphatic carbocycles. The summed E-state index contributed by atoms with van der Waals surface area (Å²) >= 11 is 0. The summed E-state index contributed by atoms with van der Waals surface area (Å²) in [5.74, 6) is 1.59. The smallest absolute Gasteiger partial charge is 0.162 e. The lowest BCUT2D eigenvalue weighted by molar-refractivity contribution is 0.311. The minimum absolute atomic E-state index is 0.530. The molecule has 0 aliphatic rings. The molecule has 0 saturated heterocycles. The third-order valence-electron chi connectivity index (χ3n) is 3.23. The number of methoxy groups -OCH3 is 1. The van der Waals surface area contributed by atoms with E-state index in [1.165, 1.54) is 19.3 Å². The number of unbranched alkanes of at least 4 members (excludes halogenated alkanes) is 1. The van der Waals surface area contributed by atoms with Crippen LogP contribution in [-0.4, -0.2) is 19.8 Å². The van der Waals surface area contributed by atoms with Gasteiger partial charge in [-0.25, -0.2) is 0 Å². The highest BCUT2D eigenvalue weighted by Crippen LogP contribution is 2.30. The standard InChI is InChI=1S/C16H27NO2/c1-5-8-9-13(6-2)17-14-10-11-15(19-7-3)16(12-14)18-4/h10-13,17H,5-9H2,1-4H3. The fraction of sp³-hybridized carbons (Fsp3) is 0.625. The topological polar surface area (TPSA) is 30.5 Å². The van der Waals surface area contributed by atoms with Crippen LogP contribution in [0.5, 0.6) is 11.5 Å². The summed E-state index contributed by atoms with van der Waals surface area (Å²) in [4.78, 5) is 0. The van der Waals surface area contributed by atoms with Crippen LogP contribution < -0.4 is 14.8 Å². The van der Waals surface area contributed by atoms with Crippen molar-refractivity contribution < 1.29 is 9.47 Å². The van der Waals surface area contributed by atoms with Gasteiger partial charge in [0.05, 0.1) is 13.7 Å². The SMILES string of the molecule is CCCCC(CC)Nc1ccc(OCC)c(OC)c1. The van der Waals surface area contributed by atoms with E-state index in [-0.39, 0.29) is 0 Å². The van der Waals surface area contributed by atoms with Gasteiger partial charge in [-0.2, -0.15) is 0 Å². The first kappa shape index (κ1) is 15.7. The van der Waals surface area contributed by atoms with Gasteiger partial charge in [-0.3, -0.25) is 0 Å². The van der Waals surface area contributed by atoms with Crippen molar-refractivity contribution in [1.82, 2.24) is 0 Å². The van der Waals surface area contributed by atoms with Gasteiger partial charge in [-0.15, -0.1) is 0 Å². The third kappa shape index (κ3) is 5.01. The zero-order valence-electron chi connectivity index (χ0n) is 12.7. The van der Waals surface area contributed by atoms with Gasteiger partial charge >= 0.3 is 0 Å². The largest absolute Gasteiger partial charge is 0.493 e. The molecule has 19 heavy (non-hydrogen) atoms. The zero-order chi connectivity index (χ0) is 14.1. The summed E-state index contributed by atoms with van der Waals surface area (Å²) in [6, 6.07) is 6.57. The molecule has 0 spiro atoms. The van der Waals surface area contributed by atoms with Crippen LogP contribution in [0, 0.1) is 0 Å². The minimum Gasteiger partial charge on any atom is -0.493 e. The highest BCUT2D eigenvalue weighted by Gasteiger charge is 2.09. The van der Waals surface area contributed by atoms with E-state index in [2.05, 4.69) is 25.2 Å². The molecule has 0 radical (unpaired) electrons. The molecule has 0 amide bonds. The Morgan fingerprint density at radius 2 is 1.95 bits per heavy atom. The number of ether oxygens (including phenoxy) is 2. The van der Waals surface area contributed by atoms with Gasteiger partial charge in [0.2, 0.25) is 0 Å². The summed E-state index contributed by atoms with van der Waals surface area (Å²) in [6.45, 7) is 7.08. The second-order valence-corrected chi connectivity index (χ2v) is 4.69. The Morgan fingerprint density at radius 1 is 1.16 bits per heavy atom. The van der Waals surface area contributed by atoms with E-state index in [0.717, 1.165) is 23.6 Å². The average Bonchev–Trinajstić information content (AvgIpc) is 2.45. The second-order valence-electron chi connectivity index (χ2n) is 4.69. The number of hydrogen-bond donors (Lipinski definition) is 1. The van der Waals surface area contributed by atoms with Crippen molar-refractivity contribution in [2.24, 2.45) is 0 Å². The number of benzene rings is 1. The van der Waals surface area contributed by atoms with Crippen LogP contribution >= 0.6 is 0 Å². The number of anilines is 1. The quantitative estimate of drug-likeness (QED) is 0.714. The first-order valence-corrected chi connectivity index (χ1v) is 7.32. The fourth-order valence-corrected chi connectivity index (χ4v) is 2.10. The predicted octanol–water partition coefficient (Wildman–Crippen LogP) is 4.47. The molecule has 0 aliphatic heterocycles. The van der Waals surface area contributed by atoms with Gasteiger partial charge < -0.3 is 14.8 Å². The molecule has 0 aromatic heterocycles. The third-order valence-corrected chi connectivity index (χ3v) is 3.23. The van der Waals surface area contributed by atoms with Crippen LogP contribution in [0.1, 0.15) is 46.5 Å². The summed E-state index contributed by atoms with van der Waals surface area (Å²) in [5, 5.41) is 3.57. The maximum absolute atomic E-state index is 5.53. The maximum atomic E-state index is 5.53. The minimum atomic E-state index is 0.530. The van der Waals surface area contributed by atoms with Gasteiger partial charge in [-0.05, 0) is 31.9 Å². The van der Waals surface area contributed by atoms with Crippen LogP contribution in [0.25, 0.3) is 0 Å². The van der Waals surface area contributed by atoms with Gasteiger partial charge in [0.15, 0.2) is 11.5 Å². The molecule has 1 atom stereocenters. The molecule has 1 N–H and O–H groups in total. The fourth-order valence-electron chi connectivity index (χ4n) is 2.10. The van der Waals surface area contributed by atoms with E-state index in [4.69, 9.17) is 9.47 Å². The lowest BCUT2D eigenvalue weighted by Crippen LogP contribution is -2.18. The van der Waals surface area contributed by atoms with Gasteiger partial charge in [0, 0.05) is 17.8 Å². The van der Waals surface area contributed by atoms with Gasteiger partial charge in [-0.1, -0.05) is 26.7 Å². The van der Waals surface area contributed by atoms with Crippen molar-refractivity contribution in [1.29, 1.82) is 0 Å². The molecule has 1 unspecified atom stereocenters. The van der Waals surface area contributed by atoms with Crippen molar-refractivity contribution in [2.75, 3.05) is 19.0 Å². The summed E-state index contributed by atoms with van der Waals surface area (Å²) < 4.78 is 10.9. The number of nitrogens with one attached hydrogen (secondary N) is 1. The first-order chi connectivity index (χ1) is 9.24. The normalized spacial score (nSPS) is 12.0. The monoisotopic (exact) mass is 265 g/mol. The molecule has 1 rings (SSSR count). The zero-order valence-corrected chi connectivity index (χ0v) is 12.7. The van der Waals surface area contributed by atoms with E-state index in [1.54, 1.807) is 7.11 Å². The molecule has 1 aromatic carbocycles. The molecule has 108 valence electrons. The van der Waals surface area contributed by atoms with Gasteiger partial charge in [0.1, 0.15) is 0 Å². The lowest BCUT2D eigenvalue weighted by atomic mass is 10.1. The molecular weight excluding hydrogens is 238 g/mol. The molecule has 0 bridgehead atoms. The number of rotatable bonds is 9. The van der Waals surface area contributed by atoms with E-state index < -0.39 is 0 Å². The molecule has 3 heteroatoms. The highest BCUT2D eigenvalue weighted by molar-refractivity contribution is 5.55. The summed E-state index contributed by atoms with van der Waals surface area (Å²) in [7, 11) is 1.68. The van der Waals surface area contributed by atoms with Crippen LogP contribution in [-0.2, 0) is 0 Å². The highest BCUT2D eigenvalue weighted by atomic mass is 16.5. The lowest BCUT2D eigenvalue weighted by Gasteiger charge is -2.19. The second kappa shape index (κ2) is 8.68. The van der Waals surface area contributed by atoms with Crippen LogP contribution in [0.2, 0.25) is 0 Å². The first-order valence-electron chi connectivity index (χ1n) is 7.32. The van der Waals surface area contributed by atoms with E-state index >= 15 is 0 Å². The Kier molecular flexibility index (Phi) is 7.16. The van der Waals surface area contributed by atoms with E-state index in [0.29, 0.717) is 12.6 Å². The van der Waals surface area contributed by atoms with Crippen molar-refractivity contribution in [2.45, 2.75) is 52.5 Å².